The molecular weight excluding hydrogens is 332 g/mol. The number of hydrogen-bond donors (Lipinski definition) is 1. The van der Waals surface area contributed by atoms with Crippen LogP contribution in [-0.2, 0) is 22.4 Å². The summed E-state index contributed by atoms with van der Waals surface area (Å²) >= 11 is 0. The van der Waals surface area contributed by atoms with Crippen LogP contribution in [0.15, 0.2) is 34.9 Å². The molecule has 1 aromatic heterocycles. The van der Waals surface area contributed by atoms with Crippen LogP contribution in [-0.4, -0.2) is 46.5 Å². The standard InChI is InChI=1S/C19H24N4O3/c1-14(24)23-11-5-8-16(13-23)19(25)20-10-9-18-21-17(22-26-18)12-15-6-3-2-4-7-15/h2-4,6-7,16H,5,8-13H2,1H3,(H,20,25)/t16-/m1/s1. The molecule has 1 aliphatic rings. The average molecular weight is 356 g/mol. The molecular formula is C19H24N4O3. The first-order valence-corrected chi connectivity index (χ1v) is 9.00. The monoisotopic (exact) mass is 356 g/mol. The highest BCUT2D eigenvalue weighted by Crippen LogP contribution is 2.16. The van der Waals surface area contributed by atoms with Crippen LogP contribution in [0.4, 0.5) is 0 Å². The zero-order valence-corrected chi connectivity index (χ0v) is 15.0. The van der Waals surface area contributed by atoms with Crippen LogP contribution in [0.1, 0.15) is 37.0 Å². The summed E-state index contributed by atoms with van der Waals surface area (Å²) in [5, 5.41) is 6.90. The van der Waals surface area contributed by atoms with Gasteiger partial charge in [-0.2, -0.15) is 4.98 Å². The molecule has 0 bridgehead atoms. The Balaban J connectivity index is 1.43. The maximum Gasteiger partial charge on any atom is 0.228 e. The summed E-state index contributed by atoms with van der Waals surface area (Å²) in [6.07, 6.45) is 2.80. The molecule has 1 aliphatic heterocycles. The largest absolute Gasteiger partial charge is 0.355 e. The minimum atomic E-state index is -0.135. The predicted octanol–water partition coefficient (Wildman–Crippen LogP) is 1.58. The smallest absolute Gasteiger partial charge is 0.228 e. The van der Waals surface area contributed by atoms with Gasteiger partial charge in [0.25, 0.3) is 0 Å². The van der Waals surface area contributed by atoms with Crippen molar-refractivity contribution in [2.24, 2.45) is 5.92 Å². The first-order chi connectivity index (χ1) is 12.6. The van der Waals surface area contributed by atoms with Crippen LogP contribution >= 0.6 is 0 Å². The van der Waals surface area contributed by atoms with Crippen LogP contribution in [0, 0.1) is 5.92 Å². The number of carbonyl (C=O) groups excluding carboxylic acids is 2. The summed E-state index contributed by atoms with van der Waals surface area (Å²) in [7, 11) is 0. The third kappa shape index (κ3) is 4.91. The number of amides is 2. The van der Waals surface area contributed by atoms with Gasteiger partial charge in [-0.25, -0.2) is 0 Å². The van der Waals surface area contributed by atoms with Gasteiger partial charge in [-0.1, -0.05) is 35.5 Å². The topological polar surface area (TPSA) is 88.3 Å². The third-order valence-electron chi connectivity index (χ3n) is 4.59. The molecule has 7 heteroatoms. The number of rotatable bonds is 6. The summed E-state index contributed by atoms with van der Waals surface area (Å²) in [5.74, 6) is 1.04. The number of carbonyl (C=O) groups is 2. The van der Waals surface area contributed by atoms with E-state index in [-0.39, 0.29) is 17.7 Å². The van der Waals surface area contributed by atoms with Gasteiger partial charge in [0.2, 0.25) is 17.7 Å². The lowest BCUT2D eigenvalue weighted by Crippen LogP contribution is -2.45. The second kappa shape index (κ2) is 8.60. The highest BCUT2D eigenvalue weighted by molar-refractivity contribution is 5.80. The Morgan fingerprint density at radius 2 is 2.12 bits per heavy atom. The molecule has 3 rings (SSSR count). The molecule has 1 atom stereocenters. The molecule has 1 saturated heterocycles. The maximum absolute atomic E-state index is 12.3. The minimum absolute atomic E-state index is 0.0139. The van der Waals surface area contributed by atoms with E-state index in [1.54, 1.807) is 11.8 Å². The molecule has 0 spiro atoms. The number of piperidine rings is 1. The SMILES string of the molecule is CC(=O)N1CCC[C@@H](C(=O)NCCc2nc(Cc3ccccc3)no2)C1. The highest BCUT2D eigenvalue weighted by atomic mass is 16.5. The van der Waals surface area contributed by atoms with E-state index < -0.39 is 0 Å². The Bertz CT molecular complexity index is 744. The van der Waals surface area contributed by atoms with Crippen molar-refractivity contribution in [1.82, 2.24) is 20.4 Å². The molecule has 0 radical (unpaired) electrons. The van der Waals surface area contributed by atoms with Gasteiger partial charge < -0.3 is 14.7 Å². The van der Waals surface area contributed by atoms with Gasteiger partial charge in [-0.3, -0.25) is 9.59 Å². The van der Waals surface area contributed by atoms with Crippen molar-refractivity contribution < 1.29 is 14.1 Å². The number of nitrogens with one attached hydrogen (secondary N) is 1. The van der Waals surface area contributed by atoms with Gasteiger partial charge in [-0.15, -0.1) is 0 Å². The van der Waals surface area contributed by atoms with Crippen LogP contribution in [0.2, 0.25) is 0 Å². The van der Waals surface area contributed by atoms with Crippen LogP contribution in [0.3, 0.4) is 0 Å². The molecule has 1 aromatic carbocycles. The quantitative estimate of drug-likeness (QED) is 0.849. The molecule has 2 aromatic rings. The zero-order valence-electron chi connectivity index (χ0n) is 15.0. The molecule has 2 heterocycles. The van der Waals surface area contributed by atoms with E-state index >= 15 is 0 Å². The lowest BCUT2D eigenvalue weighted by atomic mass is 9.97. The first-order valence-electron chi connectivity index (χ1n) is 9.00. The summed E-state index contributed by atoms with van der Waals surface area (Å²) in [6.45, 7) is 3.24. The Labute approximate surface area is 152 Å². The first kappa shape index (κ1) is 18.1. The van der Waals surface area contributed by atoms with Gasteiger partial charge in [-0.05, 0) is 18.4 Å². The molecule has 1 fully saturated rings. The van der Waals surface area contributed by atoms with Crippen molar-refractivity contribution in [3.05, 3.63) is 47.6 Å². The van der Waals surface area contributed by atoms with Crippen molar-refractivity contribution in [3.63, 3.8) is 0 Å². The summed E-state index contributed by atoms with van der Waals surface area (Å²) in [6, 6.07) is 9.96. The fraction of sp³-hybridized carbons (Fsp3) is 0.474. The molecule has 7 nitrogen and oxygen atoms in total. The Hall–Kier alpha value is -2.70. The number of hydrogen-bond acceptors (Lipinski definition) is 5. The third-order valence-corrected chi connectivity index (χ3v) is 4.59. The van der Waals surface area contributed by atoms with Gasteiger partial charge >= 0.3 is 0 Å². The van der Waals surface area contributed by atoms with Gasteiger partial charge in [0.05, 0.1) is 5.92 Å². The Morgan fingerprint density at radius 3 is 2.88 bits per heavy atom. The summed E-state index contributed by atoms with van der Waals surface area (Å²) in [5.41, 5.74) is 1.13. The van der Waals surface area contributed by atoms with Gasteiger partial charge in [0.15, 0.2) is 5.82 Å². The summed E-state index contributed by atoms with van der Waals surface area (Å²) in [4.78, 5) is 29.9. The average Bonchev–Trinajstić information content (AvgIpc) is 3.09. The molecule has 138 valence electrons. The molecule has 0 saturated carbocycles. The Kier molecular flexibility index (Phi) is 5.99. The van der Waals surface area contributed by atoms with Crippen molar-refractivity contribution >= 4 is 11.8 Å². The second-order valence-corrected chi connectivity index (χ2v) is 6.61. The van der Waals surface area contributed by atoms with Crippen LogP contribution in [0.5, 0.6) is 0 Å². The fourth-order valence-electron chi connectivity index (χ4n) is 3.16. The summed E-state index contributed by atoms with van der Waals surface area (Å²) < 4.78 is 5.25. The van der Waals surface area contributed by atoms with Crippen LogP contribution in [0.25, 0.3) is 0 Å². The van der Waals surface area contributed by atoms with E-state index in [1.165, 1.54) is 0 Å². The predicted molar refractivity (Wildman–Crippen MR) is 95.2 cm³/mol. The molecule has 26 heavy (non-hydrogen) atoms. The second-order valence-electron chi connectivity index (χ2n) is 6.61. The van der Waals surface area contributed by atoms with Gasteiger partial charge in [0.1, 0.15) is 0 Å². The lowest BCUT2D eigenvalue weighted by molar-refractivity contribution is -0.133. The van der Waals surface area contributed by atoms with Crippen molar-refractivity contribution in [2.45, 2.75) is 32.6 Å². The zero-order chi connectivity index (χ0) is 18.4. The van der Waals surface area contributed by atoms with E-state index in [9.17, 15) is 9.59 Å². The van der Waals surface area contributed by atoms with Gasteiger partial charge in [0, 0.05) is 39.4 Å². The Morgan fingerprint density at radius 1 is 1.31 bits per heavy atom. The number of likely N-dealkylation sites (tertiary alicyclic amines) is 1. The van der Waals surface area contributed by atoms with Crippen molar-refractivity contribution in [1.29, 1.82) is 0 Å². The molecule has 2 amide bonds. The molecule has 0 aliphatic carbocycles. The lowest BCUT2D eigenvalue weighted by Gasteiger charge is -2.31. The molecule has 0 unspecified atom stereocenters. The number of benzene rings is 1. The van der Waals surface area contributed by atoms with E-state index in [0.29, 0.717) is 37.6 Å². The number of aromatic nitrogens is 2. The highest BCUT2D eigenvalue weighted by Gasteiger charge is 2.26. The van der Waals surface area contributed by atoms with E-state index in [1.807, 2.05) is 30.3 Å². The fourth-order valence-corrected chi connectivity index (χ4v) is 3.16. The van der Waals surface area contributed by atoms with Crippen molar-refractivity contribution in [3.8, 4) is 0 Å². The molecule has 1 N–H and O–H groups in total. The normalized spacial score (nSPS) is 17.1. The van der Waals surface area contributed by atoms with E-state index in [2.05, 4.69) is 15.5 Å². The maximum atomic E-state index is 12.3. The van der Waals surface area contributed by atoms with E-state index in [0.717, 1.165) is 24.9 Å². The van der Waals surface area contributed by atoms with Crippen LogP contribution < -0.4 is 5.32 Å². The minimum Gasteiger partial charge on any atom is -0.355 e. The van der Waals surface area contributed by atoms with Crippen molar-refractivity contribution in [2.75, 3.05) is 19.6 Å². The van der Waals surface area contributed by atoms with E-state index in [4.69, 9.17) is 4.52 Å². The number of nitrogens with zero attached hydrogens (tertiary/aromatic N) is 3.